The fourth-order valence-electron chi connectivity index (χ4n) is 2.11. The molecule has 0 spiro atoms. The average Bonchev–Trinajstić information content (AvgIpc) is 2.46. The van der Waals surface area contributed by atoms with E-state index in [0.717, 1.165) is 32.7 Å². The lowest BCUT2D eigenvalue weighted by atomic mass is 10.1. The van der Waals surface area contributed by atoms with Crippen LogP contribution >= 0.6 is 15.9 Å². The first-order chi connectivity index (χ1) is 10.0. The summed E-state index contributed by atoms with van der Waals surface area (Å²) in [6.45, 7) is 4.15. The number of ether oxygens (including phenoxy) is 2. The van der Waals surface area contributed by atoms with Gasteiger partial charge in [0.25, 0.3) is 0 Å². The third-order valence-electron chi connectivity index (χ3n) is 3.31. The molecule has 1 atom stereocenters. The van der Waals surface area contributed by atoms with Gasteiger partial charge in [0.15, 0.2) is 0 Å². The molecular formula is C17H19BrO3. The van der Waals surface area contributed by atoms with Gasteiger partial charge in [0, 0.05) is 10.0 Å². The molecule has 2 aromatic rings. The maximum absolute atomic E-state index is 9.58. The molecule has 0 saturated heterocycles. The van der Waals surface area contributed by atoms with Crippen molar-refractivity contribution in [2.24, 2.45) is 0 Å². The molecule has 112 valence electrons. The molecule has 0 saturated carbocycles. The number of rotatable bonds is 5. The van der Waals surface area contributed by atoms with Crippen molar-refractivity contribution in [1.82, 2.24) is 0 Å². The van der Waals surface area contributed by atoms with Gasteiger partial charge in [-0.2, -0.15) is 0 Å². The zero-order valence-corrected chi connectivity index (χ0v) is 14.0. The molecule has 0 heterocycles. The number of aliphatic hydroxyl groups is 1. The second-order valence-corrected chi connectivity index (χ2v) is 5.86. The lowest BCUT2D eigenvalue weighted by Crippen LogP contribution is -2.01. The van der Waals surface area contributed by atoms with E-state index >= 15 is 0 Å². The number of hydrogen-bond donors (Lipinski definition) is 1. The predicted octanol–water partition coefficient (Wildman–Crippen LogP) is 4.40. The molecule has 0 amide bonds. The number of benzene rings is 2. The monoisotopic (exact) mass is 350 g/mol. The number of aliphatic hydroxyl groups excluding tert-OH is 1. The summed E-state index contributed by atoms with van der Waals surface area (Å²) in [5.41, 5.74) is 2.87. The molecule has 0 unspecified atom stereocenters. The molecule has 1 N–H and O–H groups in total. The number of halogens is 1. The summed E-state index contributed by atoms with van der Waals surface area (Å²) in [4.78, 5) is 0. The lowest BCUT2D eigenvalue weighted by molar-refractivity contribution is 0.199. The summed E-state index contributed by atoms with van der Waals surface area (Å²) in [6, 6.07) is 11.5. The van der Waals surface area contributed by atoms with Crippen LogP contribution in [0.4, 0.5) is 0 Å². The summed E-state index contributed by atoms with van der Waals surface area (Å²) in [5.74, 6) is 1.61. The van der Waals surface area contributed by atoms with Crippen LogP contribution in [0.5, 0.6) is 11.5 Å². The highest BCUT2D eigenvalue weighted by Gasteiger charge is 2.08. The molecule has 2 rings (SSSR count). The van der Waals surface area contributed by atoms with Gasteiger partial charge in [-0.05, 0) is 55.3 Å². The van der Waals surface area contributed by atoms with Crippen LogP contribution in [0.25, 0.3) is 0 Å². The van der Waals surface area contributed by atoms with Crippen LogP contribution in [-0.4, -0.2) is 12.2 Å². The van der Waals surface area contributed by atoms with Gasteiger partial charge < -0.3 is 14.6 Å². The molecule has 0 fully saturated rings. The van der Waals surface area contributed by atoms with Crippen molar-refractivity contribution in [2.75, 3.05) is 7.11 Å². The third-order valence-corrected chi connectivity index (χ3v) is 3.80. The Kier molecular flexibility index (Phi) is 5.26. The summed E-state index contributed by atoms with van der Waals surface area (Å²) < 4.78 is 12.2. The maximum atomic E-state index is 9.58. The fourth-order valence-corrected chi connectivity index (χ4v) is 2.52. The highest BCUT2D eigenvalue weighted by Crippen LogP contribution is 2.27. The molecule has 0 radical (unpaired) electrons. The molecule has 0 aliphatic carbocycles. The maximum Gasteiger partial charge on any atom is 0.125 e. The minimum absolute atomic E-state index is 0.428. The lowest BCUT2D eigenvalue weighted by Gasteiger charge is -2.14. The van der Waals surface area contributed by atoms with Gasteiger partial charge in [-0.25, -0.2) is 0 Å². The van der Waals surface area contributed by atoms with E-state index in [1.807, 2.05) is 43.3 Å². The Balaban J connectivity index is 2.15. The van der Waals surface area contributed by atoms with Gasteiger partial charge in [0.1, 0.15) is 18.1 Å². The van der Waals surface area contributed by atoms with E-state index in [-0.39, 0.29) is 0 Å². The number of aryl methyl sites for hydroxylation is 1. The van der Waals surface area contributed by atoms with Gasteiger partial charge >= 0.3 is 0 Å². The Morgan fingerprint density at radius 3 is 2.48 bits per heavy atom. The summed E-state index contributed by atoms with van der Waals surface area (Å²) in [7, 11) is 1.65. The molecule has 2 aromatic carbocycles. The standard InChI is InChI=1S/C17H19BrO3/c1-11-8-13(12(2)19)4-6-16(11)21-10-14-9-15(18)5-7-17(14)20-3/h4-9,12,19H,10H2,1-3H3/t12-/m0/s1. The van der Waals surface area contributed by atoms with Gasteiger partial charge in [0.2, 0.25) is 0 Å². The zero-order chi connectivity index (χ0) is 15.4. The van der Waals surface area contributed by atoms with Crippen LogP contribution in [0, 0.1) is 6.92 Å². The molecule has 0 aromatic heterocycles. The highest BCUT2D eigenvalue weighted by atomic mass is 79.9. The van der Waals surface area contributed by atoms with Crippen LogP contribution in [-0.2, 0) is 6.61 Å². The molecule has 0 bridgehead atoms. The van der Waals surface area contributed by atoms with Crippen molar-refractivity contribution in [3.8, 4) is 11.5 Å². The van der Waals surface area contributed by atoms with Crippen molar-refractivity contribution in [3.63, 3.8) is 0 Å². The van der Waals surface area contributed by atoms with Gasteiger partial charge in [-0.3, -0.25) is 0 Å². The highest BCUT2D eigenvalue weighted by molar-refractivity contribution is 9.10. The van der Waals surface area contributed by atoms with Crippen LogP contribution in [0.1, 0.15) is 29.7 Å². The summed E-state index contributed by atoms with van der Waals surface area (Å²) in [6.07, 6.45) is -0.470. The minimum atomic E-state index is -0.470. The first kappa shape index (κ1) is 15.9. The third kappa shape index (κ3) is 3.99. The van der Waals surface area contributed by atoms with Gasteiger partial charge in [0.05, 0.1) is 13.2 Å². The predicted molar refractivity (Wildman–Crippen MR) is 86.8 cm³/mol. The van der Waals surface area contributed by atoms with Gasteiger partial charge in [-0.1, -0.05) is 22.0 Å². The van der Waals surface area contributed by atoms with Crippen LogP contribution in [0.15, 0.2) is 40.9 Å². The van der Waals surface area contributed by atoms with E-state index in [9.17, 15) is 5.11 Å². The van der Waals surface area contributed by atoms with E-state index in [4.69, 9.17) is 9.47 Å². The van der Waals surface area contributed by atoms with Crippen molar-refractivity contribution >= 4 is 15.9 Å². The van der Waals surface area contributed by atoms with E-state index in [0.29, 0.717) is 6.61 Å². The van der Waals surface area contributed by atoms with Crippen molar-refractivity contribution in [1.29, 1.82) is 0 Å². The smallest absolute Gasteiger partial charge is 0.125 e. The Morgan fingerprint density at radius 2 is 1.86 bits per heavy atom. The van der Waals surface area contributed by atoms with Crippen LogP contribution in [0.3, 0.4) is 0 Å². The zero-order valence-electron chi connectivity index (χ0n) is 12.4. The Hall–Kier alpha value is -1.52. The Bertz CT molecular complexity index is 623. The quantitative estimate of drug-likeness (QED) is 0.868. The van der Waals surface area contributed by atoms with Crippen molar-refractivity contribution in [2.45, 2.75) is 26.6 Å². The Labute approximate surface area is 133 Å². The van der Waals surface area contributed by atoms with Crippen molar-refractivity contribution < 1.29 is 14.6 Å². The van der Waals surface area contributed by atoms with E-state index in [1.54, 1.807) is 14.0 Å². The molecule has 0 aliphatic heterocycles. The number of hydrogen-bond acceptors (Lipinski definition) is 3. The van der Waals surface area contributed by atoms with Crippen molar-refractivity contribution in [3.05, 3.63) is 57.6 Å². The molecule has 0 aliphatic rings. The number of methoxy groups -OCH3 is 1. The molecule has 3 nitrogen and oxygen atoms in total. The van der Waals surface area contributed by atoms with Gasteiger partial charge in [-0.15, -0.1) is 0 Å². The van der Waals surface area contributed by atoms with E-state index in [2.05, 4.69) is 15.9 Å². The van der Waals surface area contributed by atoms with Crippen LogP contribution in [0.2, 0.25) is 0 Å². The summed E-state index contributed by atoms with van der Waals surface area (Å²) >= 11 is 3.45. The average molecular weight is 351 g/mol. The summed E-state index contributed by atoms with van der Waals surface area (Å²) in [5, 5.41) is 9.58. The second kappa shape index (κ2) is 6.96. The minimum Gasteiger partial charge on any atom is -0.496 e. The van der Waals surface area contributed by atoms with E-state index in [1.165, 1.54) is 0 Å². The normalized spacial score (nSPS) is 12.0. The van der Waals surface area contributed by atoms with E-state index < -0.39 is 6.10 Å². The Morgan fingerprint density at radius 1 is 1.14 bits per heavy atom. The molecule has 4 heteroatoms. The fraction of sp³-hybridized carbons (Fsp3) is 0.294. The molecular weight excluding hydrogens is 332 g/mol. The van der Waals surface area contributed by atoms with Crippen LogP contribution < -0.4 is 9.47 Å². The second-order valence-electron chi connectivity index (χ2n) is 4.95. The largest absolute Gasteiger partial charge is 0.496 e. The first-order valence-corrected chi connectivity index (χ1v) is 7.54. The SMILES string of the molecule is COc1ccc(Br)cc1COc1ccc([C@H](C)O)cc1C. The molecule has 21 heavy (non-hydrogen) atoms. The first-order valence-electron chi connectivity index (χ1n) is 6.75. The topological polar surface area (TPSA) is 38.7 Å².